The van der Waals surface area contributed by atoms with Gasteiger partial charge in [-0.25, -0.2) is 23.1 Å². The molecule has 4 rings (SSSR count). The molecule has 0 saturated heterocycles. The van der Waals surface area contributed by atoms with Crippen LogP contribution in [0, 0.1) is 0 Å². The van der Waals surface area contributed by atoms with E-state index in [2.05, 4.69) is 20.2 Å². The average Bonchev–Trinajstić information content (AvgIpc) is 3.27. The molecule has 0 bridgehead atoms. The highest BCUT2D eigenvalue weighted by Crippen LogP contribution is 2.26. The number of nitrogens with zero attached hydrogens (tertiary/aromatic N) is 7. The Hall–Kier alpha value is -3.07. The third kappa shape index (κ3) is 3.40. The highest BCUT2D eigenvalue weighted by atomic mass is 35.5. The van der Waals surface area contributed by atoms with E-state index in [0.717, 1.165) is 10.9 Å². The van der Waals surface area contributed by atoms with Gasteiger partial charge in [-0.2, -0.15) is 15.2 Å². The van der Waals surface area contributed by atoms with Gasteiger partial charge in [-0.15, -0.1) is 0 Å². The van der Waals surface area contributed by atoms with E-state index in [-0.39, 0.29) is 11.0 Å². The summed E-state index contributed by atoms with van der Waals surface area (Å²) in [5, 5.41) is 9.31. The van der Waals surface area contributed by atoms with Gasteiger partial charge in [0, 0.05) is 26.4 Å². The predicted octanol–water partition coefficient (Wildman–Crippen LogP) is 3.72. The van der Waals surface area contributed by atoms with Gasteiger partial charge in [0.05, 0.1) is 23.8 Å². The zero-order valence-corrected chi connectivity index (χ0v) is 15.8. The summed E-state index contributed by atoms with van der Waals surface area (Å²) in [5.74, 6) is 0.576. The van der Waals surface area contributed by atoms with Crippen LogP contribution >= 0.6 is 11.6 Å². The van der Waals surface area contributed by atoms with Gasteiger partial charge in [0.25, 0.3) is 6.43 Å². The van der Waals surface area contributed by atoms with Crippen molar-refractivity contribution in [2.75, 3.05) is 19.0 Å². The molecule has 0 aliphatic carbocycles. The average molecular weight is 404 g/mol. The maximum absolute atomic E-state index is 13.0. The van der Waals surface area contributed by atoms with Crippen molar-refractivity contribution in [1.82, 2.24) is 29.5 Å². The molecule has 0 atom stereocenters. The number of fused-ring (bicyclic) bond motifs is 1. The van der Waals surface area contributed by atoms with Crippen molar-refractivity contribution >= 4 is 28.5 Å². The van der Waals surface area contributed by atoms with Crippen molar-refractivity contribution in [3.05, 3.63) is 59.3 Å². The number of hydrogen-bond donors (Lipinski definition) is 0. The molecule has 0 spiro atoms. The van der Waals surface area contributed by atoms with Crippen LogP contribution in [0.15, 0.2) is 42.7 Å². The molecule has 0 amide bonds. The van der Waals surface area contributed by atoms with Crippen LogP contribution in [0.1, 0.15) is 17.7 Å². The second-order valence-corrected chi connectivity index (χ2v) is 6.76. The third-order valence-electron chi connectivity index (χ3n) is 4.25. The first-order valence-electron chi connectivity index (χ1n) is 8.41. The molecular weight excluding hydrogens is 388 g/mol. The van der Waals surface area contributed by atoms with Gasteiger partial charge in [0.2, 0.25) is 5.28 Å². The molecule has 144 valence electrons. The number of alkyl halides is 2. The van der Waals surface area contributed by atoms with Gasteiger partial charge in [-0.3, -0.25) is 0 Å². The van der Waals surface area contributed by atoms with E-state index in [1.807, 2.05) is 24.3 Å². The minimum absolute atomic E-state index is 0.161. The summed E-state index contributed by atoms with van der Waals surface area (Å²) in [4.78, 5) is 9.90. The normalized spacial score (nSPS) is 11.5. The van der Waals surface area contributed by atoms with Crippen LogP contribution in [0.3, 0.4) is 0 Å². The van der Waals surface area contributed by atoms with Gasteiger partial charge in [-0.05, 0) is 29.3 Å². The maximum Gasteiger partial charge on any atom is 0.282 e. The standard InChI is InChI=1S/C18H16ClF2N7/c1-26(2)15-7-14(16(20)21)25-28(15)13-5-3-11(4-6-13)10-27-17-12(9-23-27)8-22-18(19)24-17/h3-9,16H,10H2,1-2H3. The van der Waals surface area contributed by atoms with Crippen LogP contribution in [0.4, 0.5) is 14.6 Å². The number of aromatic nitrogens is 6. The molecule has 0 aliphatic rings. The van der Waals surface area contributed by atoms with E-state index in [9.17, 15) is 8.78 Å². The molecule has 0 radical (unpaired) electrons. The van der Waals surface area contributed by atoms with Gasteiger partial charge in [-0.1, -0.05) is 12.1 Å². The quantitative estimate of drug-likeness (QED) is 0.475. The van der Waals surface area contributed by atoms with Crippen LogP contribution in [0.5, 0.6) is 0 Å². The largest absolute Gasteiger partial charge is 0.363 e. The van der Waals surface area contributed by atoms with Crippen molar-refractivity contribution in [1.29, 1.82) is 0 Å². The molecule has 1 aromatic carbocycles. The summed E-state index contributed by atoms with van der Waals surface area (Å²) in [6, 6.07) is 8.85. The fraction of sp³-hybridized carbons (Fsp3) is 0.222. The Morgan fingerprint density at radius 3 is 2.57 bits per heavy atom. The Labute approximate surface area is 164 Å². The maximum atomic E-state index is 13.0. The minimum atomic E-state index is -2.62. The second kappa shape index (κ2) is 7.16. The van der Waals surface area contributed by atoms with Crippen LogP contribution in [0.25, 0.3) is 16.7 Å². The molecule has 28 heavy (non-hydrogen) atoms. The Morgan fingerprint density at radius 1 is 1.14 bits per heavy atom. The first-order valence-corrected chi connectivity index (χ1v) is 8.79. The fourth-order valence-electron chi connectivity index (χ4n) is 2.88. The monoisotopic (exact) mass is 403 g/mol. The number of hydrogen-bond acceptors (Lipinski definition) is 5. The van der Waals surface area contributed by atoms with E-state index >= 15 is 0 Å². The highest BCUT2D eigenvalue weighted by Gasteiger charge is 2.17. The lowest BCUT2D eigenvalue weighted by Crippen LogP contribution is -2.14. The fourth-order valence-corrected chi connectivity index (χ4v) is 3.01. The summed E-state index contributed by atoms with van der Waals surface area (Å²) in [7, 11) is 3.57. The van der Waals surface area contributed by atoms with Crippen molar-refractivity contribution in [3.8, 4) is 5.69 Å². The Balaban J connectivity index is 1.63. The summed E-state index contributed by atoms with van der Waals surface area (Å²) in [6.45, 7) is 0.485. The smallest absolute Gasteiger partial charge is 0.282 e. The van der Waals surface area contributed by atoms with Crippen LogP contribution in [0.2, 0.25) is 5.28 Å². The van der Waals surface area contributed by atoms with Crippen molar-refractivity contribution < 1.29 is 8.78 Å². The summed E-state index contributed by atoms with van der Waals surface area (Å²) >= 11 is 5.87. The van der Waals surface area contributed by atoms with E-state index in [4.69, 9.17) is 11.6 Å². The number of rotatable bonds is 5. The number of benzene rings is 1. The second-order valence-electron chi connectivity index (χ2n) is 6.42. The van der Waals surface area contributed by atoms with Gasteiger partial charge in [0.1, 0.15) is 11.5 Å². The van der Waals surface area contributed by atoms with Crippen molar-refractivity contribution in [3.63, 3.8) is 0 Å². The molecule has 7 nitrogen and oxygen atoms in total. The lowest BCUT2D eigenvalue weighted by Gasteiger charge is -2.14. The molecule has 3 heterocycles. The van der Waals surface area contributed by atoms with Crippen molar-refractivity contribution in [2.24, 2.45) is 0 Å². The molecule has 0 unspecified atom stereocenters. The first-order chi connectivity index (χ1) is 13.4. The molecule has 10 heteroatoms. The first kappa shape index (κ1) is 18.3. The van der Waals surface area contributed by atoms with Crippen LogP contribution < -0.4 is 4.90 Å². The van der Waals surface area contributed by atoms with Gasteiger partial charge < -0.3 is 4.90 Å². The Bertz CT molecular complexity index is 1120. The lowest BCUT2D eigenvalue weighted by molar-refractivity contribution is 0.145. The molecule has 4 aromatic rings. The van der Waals surface area contributed by atoms with E-state index < -0.39 is 6.43 Å². The Morgan fingerprint density at radius 2 is 1.89 bits per heavy atom. The molecule has 0 fully saturated rings. The molecule has 0 aliphatic heterocycles. The number of halogens is 3. The van der Waals surface area contributed by atoms with Gasteiger partial charge in [0.15, 0.2) is 5.65 Å². The minimum Gasteiger partial charge on any atom is -0.363 e. The summed E-state index contributed by atoms with van der Waals surface area (Å²) < 4.78 is 29.3. The molecule has 0 saturated carbocycles. The van der Waals surface area contributed by atoms with Gasteiger partial charge >= 0.3 is 0 Å². The van der Waals surface area contributed by atoms with E-state index in [1.165, 1.54) is 10.7 Å². The summed E-state index contributed by atoms with van der Waals surface area (Å²) in [5.41, 5.74) is 2.05. The SMILES string of the molecule is CN(C)c1cc(C(F)F)nn1-c1ccc(Cn2ncc3cnc(Cl)nc32)cc1. The van der Waals surface area contributed by atoms with E-state index in [0.29, 0.717) is 23.7 Å². The van der Waals surface area contributed by atoms with Crippen LogP contribution in [-0.4, -0.2) is 43.6 Å². The van der Waals surface area contributed by atoms with E-state index in [1.54, 1.807) is 36.1 Å². The van der Waals surface area contributed by atoms with Crippen molar-refractivity contribution in [2.45, 2.75) is 13.0 Å². The zero-order valence-electron chi connectivity index (χ0n) is 15.1. The number of anilines is 1. The van der Waals surface area contributed by atoms with Crippen LogP contribution in [-0.2, 0) is 6.54 Å². The zero-order chi connectivity index (χ0) is 19.8. The predicted molar refractivity (Wildman–Crippen MR) is 102 cm³/mol. The highest BCUT2D eigenvalue weighted by molar-refractivity contribution is 6.28. The third-order valence-corrected chi connectivity index (χ3v) is 4.43. The lowest BCUT2D eigenvalue weighted by atomic mass is 10.2. The summed E-state index contributed by atoms with van der Waals surface area (Å²) in [6.07, 6.45) is 0.679. The molecule has 0 N–H and O–H groups in total. The Kier molecular flexibility index (Phi) is 4.68. The topological polar surface area (TPSA) is 64.7 Å². The molecule has 3 aromatic heterocycles. The molecular formula is C18H16ClF2N7.